The number of halogens is 3. The van der Waals surface area contributed by atoms with Gasteiger partial charge < -0.3 is 10.6 Å². The molecule has 0 aromatic carbocycles. The second-order valence-electron chi connectivity index (χ2n) is 3.56. The molecule has 0 atom stereocenters. The summed E-state index contributed by atoms with van der Waals surface area (Å²) < 4.78 is 37.6. The summed E-state index contributed by atoms with van der Waals surface area (Å²) >= 11 is 0. The van der Waals surface area contributed by atoms with Gasteiger partial charge in [-0.15, -0.1) is 0 Å². The van der Waals surface area contributed by atoms with Crippen LogP contribution in [0.25, 0.3) is 0 Å². The lowest BCUT2D eigenvalue weighted by Gasteiger charge is -2.13. The summed E-state index contributed by atoms with van der Waals surface area (Å²) in [7, 11) is 1.40. The van der Waals surface area contributed by atoms with Gasteiger partial charge in [-0.2, -0.15) is 13.2 Å². The van der Waals surface area contributed by atoms with E-state index >= 15 is 0 Å². The standard InChI is InChI=1S/C10H11F3N4O2/c1-6-8(16-9(14-2)5-17(18)19)3-7(4-15-6)10(11,12)13/h3-5,14,16H,1-2H3/b9-5+. The third kappa shape index (κ3) is 4.12. The van der Waals surface area contributed by atoms with Crippen molar-refractivity contribution < 1.29 is 18.1 Å². The fourth-order valence-corrected chi connectivity index (χ4v) is 1.22. The highest BCUT2D eigenvalue weighted by atomic mass is 19.4. The molecule has 9 heteroatoms. The third-order valence-electron chi connectivity index (χ3n) is 2.19. The van der Waals surface area contributed by atoms with Crippen LogP contribution in [-0.4, -0.2) is 17.0 Å². The number of hydrogen-bond acceptors (Lipinski definition) is 5. The van der Waals surface area contributed by atoms with Crippen LogP contribution in [0.3, 0.4) is 0 Å². The van der Waals surface area contributed by atoms with Gasteiger partial charge in [-0.1, -0.05) is 0 Å². The maximum Gasteiger partial charge on any atom is 0.417 e. The maximum atomic E-state index is 12.5. The molecule has 0 unspecified atom stereocenters. The lowest BCUT2D eigenvalue weighted by molar-refractivity contribution is -0.403. The van der Waals surface area contributed by atoms with Crippen LogP contribution in [0.15, 0.2) is 24.3 Å². The molecule has 0 spiro atoms. The van der Waals surface area contributed by atoms with Crippen molar-refractivity contribution in [3.05, 3.63) is 45.7 Å². The summed E-state index contributed by atoms with van der Waals surface area (Å²) in [5.41, 5.74) is -0.605. The van der Waals surface area contributed by atoms with Crippen LogP contribution >= 0.6 is 0 Å². The van der Waals surface area contributed by atoms with Crippen LogP contribution in [0.1, 0.15) is 11.3 Å². The van der Waals surface area contributed by atoms with E-state index in [1.807, 2.05) is 0 Å². The predicted octanol–water partition coefficient (Wildman–Crippen LogP) is 2.12. The molecule has 0 saturated heterocycles. The Morgan fingerprint density at radius 3 is 2.63 bits per heavy atom. The first-order valence-electron chi connectivity index (χ1n) is 5.08. The Labute approximate surface area is 106 Å². The highest BCUT2D eigenvalue weighted by molar-refractivity contribution is 5.53. The van der Waals surface area contributed by atoms with Crippen molar-refractivity contribution in [3.8, 4) is 0 Å². The molecule has 104 valence electrons. The Bertz CT molecular complexity index is 514. The largest absolute Gasteiger partial charge is 0.417 e. The van der Waals surface area contributed by atoms with Crippen LogP contribution in [0.2, 0.25) is 0 Å². The van der Waals surface area contributed by atoms with Crippen LogP contribution in [0.5, 0.6) is 0 Å². The SMILES string of the molecule is CN/C(=C\[N+](=O)[O-])Nc1cc(C(F)(F)F)cnc1C. The Balaban J connectivity index is 3.10. The molecule has 0 aliphatic carbocycles. The van der Waals surface area contributed by atoms with E-state index in [-0.39, 0.29) is 17.2 Å². The molecular formula is C10H11F3N4O2. The van der Waals surface area contributed by atoms with Crippen LogP contribution in [-0.2, 0) is 6.18 Å². The minimum Gasteiger partial charge on any atom is -0.370 e. The fourth-order valence-electron chi connectivity index (χ4n) is 1.22. The van der Waals surface area contributed by atoms with E-state index in [9.17, 15) is 23.3 Å². The topological polar surface area (TPSA) is 80.1 Å². The van der Waals surface area contributed by atoms with Gasteiger partial charge in [0.2, 0.25) is 0 Å². The van der Waals surface area contributed by atoms with Crippen LogP contribution in [0.4, 0.5) is 18.9 Å². The Kier molecular flexibility index (Phi) is 4.30. The number of aryl methyl sites for hydroxylation is 1. The van der Waals surface area contributed by atoms with Gasteiger partial charge in [0, 0.05) is 13.2 Å². The summed E-state index contributed by atoms with van der Waals surface area (Å²) in [6.45, 7) is 1.49. The molecule has 19 heavy (non-hydrogen) atoms. The molecule has 2 N–H and O–H groups in total. The Morgan fingerprint density at radius 1 is 1.53 bits per heavy atom. The normalized spacial score (nSPS) is 12.2. The van der Waals surface area contributed by atoms with E-state index in [4.69, 9.17) is 0 Å². The van der Waals surface area contributed by atoms with Crippen molar-refractivity contribution in [1.82, 2.24) is 10.3 Å². The predicted molar refractivity (Wildman–Crippen MR) is 61.7 cm³/mol. The van der Waals surface area contributed by atoms with E-state index in [2.05, 4.69) is 15.6 Å². The monoisotopic (exact) mass is 276 g/mol. The third-order valence-corrected chi connectivity index (χ3v) is 2.19. The van der Waals surface area contributed by atoms with Gasteiger partial charge in [-0.25, -0.2) is 0 Å². The van der Waals surface area contributed by atoms with Crippen molar-refractivity contribution in [2.45, 2.75) is 13.1 Å². The Hall–Kier alpha value is -2.32. The second kappa shape index (κ2) is 5.55. The lowest BCUT2D eigenvalue weighted by Crippen LogP contribution is -2.17. The van der Waals surface area contributed by atoms with Gasteiger partial charge >= 0.3 is 6.18 Å². The number of pyridine rings is 1. The molecule has 1 heterocycles. The zero-order chi connectivity index (χ0) is 14.6. The molecule has 0 bridgehead atoms. The van der Waals surface area contributed by atoms with E-state index in [1.54, 1.807) is 0 Å². The van der Waals surface area contributed by atoms with Crippen molar-refractivity contribution in [3.63, 3.8) is 0 Å². The fraction of sp³-hybridized carbons (Fsp3) is 0.300. The number of rotatable bonds is 4. The minimum absolute atomic E-state index is 0.0391. The van der Waals surface area contributed by atoms with Gasteiger partial charge in [-0.05, 0) is 13.0 Å². The summed E-state index contributed by atoms with van der Waals surface area (Å²) in [5, 5.41) is 15.3. The van der Waals surface area contributed by atoms with Gasteiger partial charge in [-0.3, -0.25) is 15.1 Å². The van der Waals surface area contributed by atoms with E-state index < -0.39 is 16.7 Å². The first kappa shape index (κ1) is 14.7. The average molecular weight is 276 g/mol. The number of nitro groups is 1. The van der Waals surface area contributed by atoms with Crippen molar-refractivity contribution >= 4 is 5.69 Å². The van der Waals surface area contributed by atoms with E-state index in [1.165, 1.54) is 14.0 Å². The quantitative estimate of drug-likeness (QED) is 0.650. The zero-order valence-electron chi connectivity index (χ0n) is 10.1. The van der Waals surface area contributed by atoms with E-state index in [0.717, 1.165) is 6.07 Å². The first-order valence-corrected chi connectivity index (χ1v) is 5.08. The molecule has 1 rings (SSSR count). The highest BCUT2D eigenvalue weighted by Crippen LogP contribution is 2.31. The van der Waals surface area contributed by atoms with E-state index in [0.29, 0.717) is 12.4 Å². The molecule has 6 nitrogen and oxygen atoms in total. The molecule has 0 aliphatic heterocycles. The number of alkyl halides is 3. The summed E-state index contributed by atoms with van der Waals surface area (Å²) in [5.74, 6) is -0.0470. The van der Waals surface area contributed by atoms with Gasteiger partial charge in [0.05, 0.1) is 21.9 Å². The van der Waals surface area contributed by atoms with Gasteiger partial charge in [0.25, 0.3) is 6.20 Å². The number of hydrogen-bond donors (Lipinski definition) is 2. The molecule has 1 aromatic heterocycles. The molecule has 0 saturated carbocycles. The molecule has 0 radical (unpaired) electrons. The number of anilines is 1. The smallest absolute Gasteiger partial charge is 0.370 e. The summed E-state index contributed by atoms with van der Waals surface area (Å²) in [6, 6.07) is 0.841. The van der Waals surface area contributed by atoms with Crippen molar-refractivity contribution in [2.75, 3.05) is 12.4 Å². The first-order chi connectivity index (χ1) is 8.74. The molecule has 0 amide bonds. The molecular weight excluding hydrogens is 265 g/mol. The number of nitrogens with zero attached hydrogens (tertiary/aromatic N) is 2. The van der Waals surface area contributed by atoms with Crippen molar-refractivity contribution in [2.24, 2.45) is 0 Å². The average Bonchev–Trinajstić information content (AvgIpc) is 2.28. The molecule has 1 aromatic rings. The van der Waals surface area contributed by atoms with Crippen LogP contribution in [0, 0.1) is 17.0 Å². The summed E-state index contributed by atoms with van der Waals surface area (Å²) in [4.78, 5) is 13.2. The molecule has 0 aliphatic rings. The second-order valence-corrected chi connectivity index (χ2v) is 3.56. The highest BCUT2D eigenvalue weighted by Gasteiger charge is 2.31. The molecule has 0 fully saturated rings. The lowest BCUT2D eigenvalue weighted by atomic mass is 10.2. The van der Waals surface area contributed by atoms with Gasteiger partial charge in [0.1, 0.15) is 0 Å². The number of nitrogens with one attached hydrogen (secondary N) is 2. The number of aromatic nitrogens is 1. The van der Waals surface area contributed by atoms with Gasteiger partial charge in [0.15, 0.2) is 5.82 Å². The minimum atomic E-state index is -4.52. The van der Waals surface area contributed by atoms with Crippen molar-refractivity contribution in [1.29, 1.82) is 0 Å². The zero-order valence-corrected chi connectivity index (χ0v) is 10.1. The summed E-state index contributed by atoms with van der Waals surface area (Å²) in [6.07, 6.45) is -3.21. The Morgan fingerprint density at radius 2 is 2.16 bits per heavy atom. The van der Waals surface area contributed by atoms with Crippen LogP contribution < -0.4 is 10.6 Å². The maximum absolute atomic E-state index is 12.5.